The maximum absolute atomic E-state index is 9.58. The predicted octanol–water partition coefficient (Wildman–Crippen LogP) is 1.66. The number of nitrogens with zero attached hydrogens (tertiary/aromatic N) is 1. The Labute approximate surface area is 114 Å². The zero-order valence-corrected chi connectivity index (χ0v) is 12.1. The van der Waals surface area contributed by atoms with Gasteiger partial charge in [0.05, 0.1) is 13.7 Å². The number of rotatable bonds is 5. The van der Waals surface area contributed by atoms with Gasteiger partial charge in [-0.3, -0.25) is 4.90 Å². The van der Waals surface area contributed by atoms with Gasteiger partial charge in [0, 0.05) is 24.1 Å². The smallest absolute Gasteiger partial charge is 0.165 e. The second-order valence-corrected chi connectivity index (χ2v) is 5.84. The molecule has 1 N–H and O–H groups in total. The SMILES string of the molecule is COc1cccc(C(C)(C)CO)c1OC1CN(C)C1. The summed E-state index contributed by atoms with van der Waals surface area (Å²) in [5, 5.41) is 9.58. The van der Waals surface area contributed by atoms with E-state index in [1.165, 1.54) is 0 Å². The average Bonchev–Trinajstić information content (AvgIpc) is 2.37. The quantitative estimate of drug-likeness (QED) is 0.879. The molecular formula is C15H23NO3. The van der Waals surface area contributed by atoms with E-state index in [1.54, 1.807) is 7.11 Å². The fourth-order valence-corrected chi connectivity index (χ4v) is 2.30. The van der Waals surface area contributed by atoms with Crippen molar-refractivity contribution in [3.8, 4) is 11.5 Å². The first-order valence-corrected chi connectivity index (χ1v) is 6.61. The van der Waals surface area contributed by atoms with Crippen molar-refractivity contribution >= 4 is 0 Å². The molecular weight excluding hydrogens is 242 g/mol. The number of hydrogen-bond donors (Lipinski definition) is 1. The maximum Gasteiger partial charge on any atom is 0.165 e. The summed E-state index contributed by atoms with van der Waals surface area (Å²) in [5.41, 5.74) is 0.642. The highest BCUT2D eigenvalue weighted by atomic mass is 16.5. The van der Waals surface area contributed by atoms with Crippen LogP contribution in [0.25, 0.3) is 0 Å². The van der Waals surface area contributed by atoms with Crippen LogP contribution in [-0.2, 0) is 5.41 Å². The van der Waals surface area contributed by atoms with Crippen molar-refractivity contribution in [2.24, 2.45) is 0 Å². The van der Waals surface area contributed by atoms with Gasteiger partial charge in [0.1, 0.15) is 6.10 Å². The van der Waals surface area contributed by atoms with Gasteiger partial charge in [-0.2, -0.15) is 0 Å². The van der Waals surface area contributed by atoms with Crippen molar-refractivity contribution in [3.05, 3.63) is 23.8 Å². The van der Waals surface area contributed by atoms with Crippen molar-refractivity contribution in [2.75, 3.05) is 33.9 Å². The molecule has 1 aromatic rings. The van der Waals surface area contributed by atoms with Crippen LogP contribution in [0.4, 0.5) is 0 Å². The molecule has 4 heteroatoms. The van der Waals surface area contributed by atoms with Crippen molar-refractivity contribution in [1.29, 1.82) is 0 Å². The van der Waals surface area contributed by atoms with Crippen LogP contribution < -0.4 is 9.47 Å². The number of para-hydroxylation sites is 1. The van der Waals surface area contributed by atoms with Crippen LogP contribution in [0.1, 0.15) is 19.4 Å². The van der Waals surface area contributed by atoms with Gasteiger partial charge in [-0.1, -0.05) is 26.0 Å². The van der Waals surface area contributed by atoms with Gasteiger partial charge < -0.3 is 14.6 Å². The van der Waals surface area contributed by atoms with E-state index < -0.39 is 0 Å². The third-order valence-electron chi connectivity index (χ3n) is 3.64. The van der Waals surface area contributed by atoms with E-state index >= 15 is 0 Å². The lowest BCUT2D eigenvalue weighted by atomic mass is 9.84. The minimum Gasteiger partial charge on any atom is -0.493 e. The summed E-state index contributed by atoms with van der Waals surface area (Å²) in [5.74, 6) is 1.50. The molecule has 0 unspecified atom stereocenters. The van der Waals surface area contributed by atoms with Gasteiger partial charge in [0.15, 0.2) is 11.5 Å². The molecule has 0 atom stereocenters. The highest BCUT2D eigenvalue weighted by Gasteiger charge is 2.30. The van der Waals surface area contributed by atoms with Gasteiger partial charge in [0.25, 0.3) is 0 Å². The van der Waals surface area contributed by atoms with Crippen LogP contribution in [0, 0.1) is 0 Å². The van der Waals surface area contributed by atoms with E-state index in [-0.39, 0.29) is 18.1 Å². The van der Waals surface area contributed by atoms with Gasteiger partial charge in [0.2, 0.25) is 0 Å². The molecule has 0 aliphatic carbocycles. The fraction of sp³-hybridized carbons (Fsp3) is 0.600. The van der Waals surface area contributed by atoms with Crippen LogP contribution in [0.5, 0.6) is 11.5 Å². The number of methoxy groups -OCH3 is 1. The minimum absolute atomic E-state index is 0.0705. The number of likely N-dealkylation sites (tertiary alicyclic amines) is 1. The summed E-state index contributed by atoms with van der Waals surface area (Å²) in [6.45, 7) is 5.93. The highest BCUT2D eigenvalue weighted by Crippen LogP contribution is 2.39. The Balaban J connectivity index is 2.31. The Bertz CT molecular complexity index is 439. The zero-order valence-electron chi connectivity index (χ0n) is 12.1. The van der Waals surface area contributed by atoms with Crippen LogP contribution >= 0.6 is 0 Å². The van der Waals surface area contributed by atoms with E-state index in [0.29, 0.717) is 0 Å². The molecule has 1 aliphatic heterocycles. The summed E-state index contributed by atoms with van der Waals surface area (Å²) in [4.78, 5) is 2.21. The number of aliphatic hydroxyl groups excluding tert-OH is 1. The number of benzene rings is 1. The second kappa shape index (κ2) is 5.39. The number of aliphatic hydroxyl groups is 1. The van der Waals surface area contributed by atoms with E-state index in [4.69, 9.17) is 9.47 Å². The largest absolute Gasteiger partial charge is 0.493 e. The van der Waals surface area contributed by atoms with Crippen LogP contribution in [0.2, 0.25) is 0 Å². The first-order valence-electron chi connectivity index (χ1n) is 6.61. The molecule has 2 rings (SSSR count). The number of ether oxygens (including phenoxy) is 2. The van der Waals surface area contributed by atoms with E-state index in [0.717, 1.165) is 30.2 Å². The van der Waals surface area contributed by atoms with Crippen molar-refractivity contribution in [3.63, 3.8) is 0 Å². The van der Waals surface area contributed by atoms with Gasteiger partial charge in [-0.05, 0) is 13.1 Å². The molecule has 106 valence electrons. The first kappa shape index (κ1) is 14.2. The van der Waals surface area contributed by atoms with Crippen molar-refractivity contribution in [1.82, 2.24) is 4.90 Å². The average molecular weight is 265 g/mol. The Kier molecular flexibility index (Phi) is 4.02. The normalized spacial score (nSPS) is 17.1. The van der Waals surface area contributed by atoms with Gasteiger partial charge in [-0.15, -0.1) is 0 Å². The first-order chi connectivity index (χ1) is 8.97. The van der Waals surface area contributed by atoms with Gasteiger partial charge in [-0.25, -0.2) is 0 Å². The summed E-state index contributed by atoms with van der Waals surface area (Å²) < 4.78 is 11.5. The lowest BCUT2D eigenvalue weighted by Gasteiger charge is -2.37. The lowest BCUT2D eigenvalue weighted by molar-refractivity contribution is 0.0350. The Hall–Kier alpha value is -1.26. The van der Waals surface area contributed by atoms with Crippen LogP contribution in [-0.4, -0.2) is 50.0 Å². The summed E-state index contributed by atoms with van der Waals surface area (Å²) in [7, 11) is 3.71. The topological polar surface area (TPSA) is 41.9 Å². The minimum atomic E-state index is -0.348. The van der Waals surface area contributed by atoms with Crippen molar-refractivity contribution < 1.29 is 14.6 Å². The second-order valence-electron chi connectivity index (χ2n) is 5.84. The Morgan fingerprint density at radius 3 is 2.58 bits per heavy atom. The van der Waals surface area contributed by atoms with E-state index in [9.17, 15) is 5.11 Å². The van der Waals surface area contributed by atoms with Crippen molar-refractivity contribution in [2.45, 2.75) is 25.4 Å². The molecule has 0 radical (unpaired) electrons. The summed E-state index contributed by atoms with van der Waals surface area (Å²) in [6, 6.07) is 5.83. The molecule has 1 aromatic carbocycles. The zero-order chi connectivity index (χ0) is 14.0. The molecule has 0 spiro atoms. The monoisotopic (exact) mass is 265 g/mol. The molecule has 0 bridgehead atoms. The maximum atomic E-state index is 9.58. The molecule has 0 aromatic heterocycles. The molecule has 0 amide bonds. The molecule has 4 nitrogen and oxygen atoms in total. The van der Waals surface area contributed by atoms with Crippen LogP contribution in [0.15, 0.2) is 18.2 Å². The number of hydrogen-bond acceptors (Lipinski definition) is 4. The Morgan fingerprint density at radius 1 is 1.37 bits per heavy atom. The molecule has 1 saturated heterocycles. The third kappa shape index (κ3) is 2.85. The Morgan fingerprint density at radius 2 is 2.05 bits per heavy atom. The summed E-state index contributed by atoms with van der Waals surface area (Å²) in [6.07, 6.45) is 0.203. The number of likely N-dealkylation sites (N-methyl/N-ethyl adjacent to an activating group) is 1. The van der Waals surface area contributed by atoms with Crippen LogP contribution in [0.3, 0.4) is 0 Å². The van der Waals surface area contributed by atoms with E-state index in [2.05, 4.69) is 11.9 Å². The molecule has 1 heterocycles. The highest BCUT2D eigenvalue weighted by molar-refractivity contribution is 5.50. The molecule has 19 heavy (non-hydrogen) atoms. The fourth-order valence-electron chi connectivity index (χ4n) is 2.30. The van der Waals surface area contributed by atoms with Gasteiger partial charge >= 0.3 is 0 Å². The summed E-state index contributed by atoms with van der Waals surface area (Å²) >= 11 is 0. The van der Waals surface area contributed by atoms with E-state index in [1.807, 2.05) is 32.0 Å². The molecule has 1 aliphatic rings. The standard InChI is InChI=1S/C15H23NO3/c1-15(2,10-17)12-6-5-7-13(18-4)14(12)19-11-8-16(3)9-11/h5-7,11,17H,8-10H2,1-4H3. The lowest BCUT2D eigenvalue weighted by Crippen LogP contribution is -2.51. The third-order valence-corrected chi connectivity index (χ3v) is 3.64. The molecule has 0 saturated carbocycles. The predicted molar refractivity (Wildman–Crippen MR) is 75.0 cm³/mol. The molecule has 1 fully saturated rings.